The number of nitrogens with one attached hydrogen (secondary N) is 1. The van der Waals surface area contributed by atoms with Crippen LogP contribution in [0.4, 0.5) is 0 Å². The summed E-state index contributed by atoms with van der Waals surface area (Å²) >= 11 is 0. The Morgan fingerprint density at radius 1 is 1.33 bits per heavy atom. The molecular weight excluding hydrogens is 146 g/mol. The molecule has 0 aliphatic heterocycles. The summed E-state index contributed by atoms with van der Waals surface area (Å²) in [4.78, 5) is 0. The van der Waals surface area contributed by atoms with E-state index in [-0.39, 0.29) is 0 Å². The van der Waals surface area contributed by atoms with Crippen molar-refractivity contribution in [3.05, 3.63) is 0 Å². The fraction of sp³-hybridized carbons (Fsp3) is 1.00. The van der Waals surface area contributed by atoms with Crippen molar-refractivity contribution < 1.29 is 0 Å². The SMILES string of the molecule is CCCNC(C)C(C)CC1CC1. The van der Waals surface area contributed by atoms with E-state index >= 15 is 0 Å². The van der Waals surface area contributed by atoms with Gasteiger partial charge in [-0.1, -0.05) is 26.7 Å². The molecule has 1 nitrogen and oxygen atoms in total. The highest BCUT2D eigenvalue weighted by Gasteiger charge is 2.25. The standard InChI is InChI=1S/C11H23N/c1-4-7-12-10(3)9(2)8-11-5-6-11/h9-12H,4-8H2,1-3H3. The van der Waals surface area contributed by atoms with Gasteiger partial charge in [0.05, 0.1) is 0 Å². The van der Waals surface area contributed by atoms with E-state index in [1.165, 1.54) is 32.2 Å². The van der Waals surface area contributed by atoms with Crippen LogP contribution in [0.1, 0.15) is 46.5 Å². The quantitative estimate of drug-likeness (QED) is 0.644. The predicted octanol–water partition coefficient (Wildman–Crippen LogP) is 2.81. The highest BCUT2D eigenvalue weighted by atomic mass is 14.9. The summed E-state index contributed by atoms with van der Waals surface area (Å²) in [5.74, 6) is 1.94. The Bertz CT molecular complexity index is 118. The van der Waals surface area contributed by atoms with Crippen molar-refractivity contribution in [1.82, 2.24) is 5.32 Å². The maximum absolute atomic E-state index is 3.57. The van der Waals surface area contributed by atoms with E-state index < -0.39 is 0 Å². The Hall–Kier alpha value is -0.0400. The molecule has 0 saturated heterocycles. The van der Waals surface area contributed by atoms with Crippen LogP contribution in [0.15, 0.2) is 0 Å². The molecule has 1 N–H and O–H groups in total. The fourth-order valence-corrected chi connectivity index (χ4v) is 1.66. The summed E-state index contributed by atoms with van der Waals surface area (Å²) < 4.78 is 0. The maximum Gasteiger partial charge on any atom is 0.00644 e. The lowest BCUT2D eigenvalue weighted by Gasteiger charge is -2.20. The van der Waals surface area contributed by atoms with Crippen molar-refractivity contribution in [2.24, 2.45) is 11.8 Å². The molecule has 0 bridgehead atoms. The van der Waals surface area contributed by atoms with E-state index in [1.54, 1.807) is 0 Å². The molecule has 0 aromatic heterocycles. The molecule has 12 heavy (non-hydrogen) atoms. The lowest BCUT2D eigenvalue weighted by atomic mass is 9.97. The van der Waals surface area contributed by atoms with E-state index in [4.69, 9.17) is 0 Å². The lowest BCUT2D eigenvalue weighted by Crippen LogP contribution is -2.32. The van der Waals surface area contributed by atoms with Gasteiger partial charge in [-0.2, -0.15) is 0 Å². The Morgan fingerprint density at radius 3 is 2.50 bits per heavy atom. The van der Waals surface area contributed by atoms with Gasteiger partial charge in [-0.25, -0.2) is 0 Å². The largest absolute Gasteiger partial charge is 0.314 e. The summed E-state index contributed by atoms with van der Waals surface area (Å²) in [6.07, 6.45) is 5.67. The van der Waals surface area contributed by atoms with Crippen molar-refractivity contribution in [2.75, 3.05) is 6.54 Å². The summed E-state index contributed by atoms with van der Waals surface area (Å²) in [5.41, 5.74) is 0. The first kappa shape index (κ1) is 10.0. The second-order valence-electron chi connectivity index (χ2n) is 4.40. The topological polar surface area (TPSA) is 12.0 Å². The first-order valence-corrected chi connectivity index (χ1v) is 5.47. The highest BCUT2D eigenvalue weighted by Crippen LogP contribution is 2.35. The van der Waals surface area contributed by atoms with Crippen molar-refractivity contribution in [1.29, 1.82) is 0 Å². The molecular formula is C11H23N. The molecule has 1 rings (SSSR count). The molecule has 0 aromatic carbocycles. The van der Waals surface area contributed by atoms with Crippen LogP contribution in [0.25, 0.3) is 0 Å². The van der Waals surface area contributed by atoms with Crippen LogP contribution in [-0.2, 0) is 0 Å². The Labute approximate surface area is 76.9 Å². The van der Waals surface area contributed by atoms with Gasteiger partial charge < -0.3 is 5.32 Å². The molecule has 1 saturated carbocycles. The third-order valence-corrected chi connectivity index (χ3v) is 2.97. The molecule has 0 spiro atoms. The maximum atomic E-state index is 3.57. The molecule has 1 aliphatic carbocycles. The minimum absolute atomic E-state index is 0.713. The zero-order valence-electron chi connectivity index (χ0n) is 8.77. The zero-order valence-corrected chi connectivity index (χ0v) is 8.77. The molecule has 1 heteroatoms. The van der Waals surface area contributed by atoms with Gasteiger partial charge in [0.1, 0.15) is 0 Å². The molecule has 72 valence electrons. The summed E-state index contributed by atoms with van der Waals surface area (Å²) in [5, 5.41) is 3.57. The van der Waals surface area contributed by atoms with Gasteiger partial charge in [0, 0.05) is 6.04 Å². The van der Waals surface area contributed by atoms with Crippen LogP contribution in [0.3, 0.4) is 0 Å². The van der Waals surface area contributed by atoms with Crippen LogP contribution in [0.2, 0.25) is 0 Å². The predicted molar refractivity (Wildman–Crippen MR) is 54.3 cm³/mol. The summed E-state index contributed by atoms with van der Waals surface area (Å²) in [6.45, 7) is 8.11. The first-order valence-electron chi connectivity index (χ1n) is 5.47. The van der Waals surface area contributed by atoms with Crippen LogP contribution in [-0.4, -0.2) is 12.6 Å². The molecule has 0 aromatic rings. The second kappa shape index (κ2) is 4.86. The van der Waals surface area contributed by atoms with E-state index in [0.717, 1.165) is 11.8 Å². The minimum Gasteiger partial charge on any atom is -0.314 e. The van der Waals surface area contributed by atoms with Gasteiger partial charge in [-0.15, -0.1) is 0 Å². The van der Waals surface area contributed by atoms with Crippen LogP contribution in [0.5, 0.6) is 0 Å². The molecule has 0 heterocycles. The van der Waals surface area contributed by atoms with E-state index in [9.17, 15) is 0 Å². The van der Waals surface area contributed by atoms with Gasteiger partial charge >= 0.3 is 0 Å². The smallest absolute Gasteiger partial charge is 0.00644 e. The first-order chi connectivity index (χ1) is 5.74. The average Bonchev–Trinajstić information content (AvgIpc) is 2.83. The van der Waals surface area contributed by atoms with Gasteiger partial charge in [0.2, 0.25) is 0 Å². The van der Waals surface area contributed by atoms with E-state index in [0.29, 0.717) is 6.04 Å². The monoisotopic (exact) mass is 169 g/mol. The Balaban J connectivity index is 2.06. The van der Waals surface area contributed by atoms with Crippen molar-refractivity contribution in [3.8, 4) is 0 Å². The van der Waals surface area contributed by atoms with Gasteiger partial charge in [0.15, 0.2) is 0 Å². The molecule has 0 radical (unpaired) electrons. The molecule has 1 fully saturated rings. The van der Waals surface area contributed by atoms with E-state index in [1.807, 2.05) is 0 Å². The summed E-state index contributed by atoms with van der Waals surface area (Å²) in [7, 11) is 0. The molecule has 2 atom stereocenters. The van der Waals surface area contributed by atoms with Crippen LogP contribution >= 0.6 is 0 Å². The van der Waals surface area contributed by atoms with Gasteiger partial charge in [-0.05, 0) is 38.1 Å². The van der Waals surface area contributed by atoms with Crippen LogP contribution < -0.4 is 5.32 Å². The highest BCUT2D eigenvalue weighted by molar-refractivity contribution is 4.79. The van der Waals surface area contributed by atoms with Crippen molar-refractivity contribution in [3.63, 3.8) is 0 Å². The average molecular weight is 169 g/mol. The Morgan fingerprint density at radius 2 is 2.00 bits per heavy atom. The normalized spacial score (nSPS) is 22.2. The van der Waals surface area contributed by atoms with Crippen molar-refractivity contribution >= 4 is 0 Å². The fourth-order valence-electron chi connectivity index (χ4n) is 1.66. The third-order valence-electron chi connectivity index (χ3n) is 2.97. The Kier molecular flexibility index (Phi) is 4.07. The number of rotatable bonds is 6. The number of hydrogen-bond donors (Lipinski definition) is 1. The molecule has 0 amide bonds. The molecule has 1 aliphatic rings. The van der Waals surface area contributed by atoms with Gasteiger partial charge in [0.25, 0.3) is 0 Å². The molecule has 2 unspecified atom stereocenters. The third kappa shape index (κ3) is 3.57. The van der Waals surface area contributed by atoms with Crippen molar-refractivity contribution in [2.45, 2.75) is 52.5 Å². The second-order valence-corrected chi connectivity index (χ2v) is 4.40. The number of hydrogen-bond acceptors (Lipinski definition) is 1. The van der Waals surface area contributed by atoms with E-state index in [2.05, 4.69) is 26.1 Å². The zero-order chi connectivity index (χ0) is 8.97. The summed E-state index contributed by atoms with van der Waals surface area (Å²) in [6, 6.07) is 0.713. The van der Waals surface area contributed by atoms with Gasteiger partial charge in [-0.3, -0.25) is 0 Å². The lowest BCUT2D eigenvalue weighted by molar-refractivity contribution is 0.365. The van der Waals surface area contributed by atoms with Crippen LogP contribution in [0, 0.1) is 11.8 Å². The minimum atomic E-state index is 0.713.